The number of aromatic nitrogens is 3. The van der Waals surface area contributed by atoms with E-state index in [1.54, 1.807) is 6.07 Å². The smallest absolute Gasteiger partial charge is 0.125 e. The number of imidazole rings is 1. The summed E-state index contributed by atoms with van der Waals surface area (Å²) < 4.78 is 0. The maximum atomic E-state index is 10.4. The SMILES string of the molecule is Oc1cccc2ccc3ccc(-c4c[nH]c(-c5cccc6ccc[c-]c56)n4)nc3c12.[Pt]. The molecule has 4 aromatic carbocycles. The quantitative estimate of drug-likeness (QED) is 0.192. The van der Waals surface area contributed by atoms with Crippen LogP contribution in [-0.4, -0.2) is 20.1 Å². The summed E-state index contributed by atoms with van der Waals surface area (Å²) in [6.07, 6.45) is 1.87. The summed E-state index contributed by atoms with van der Waals surface area (Å²) in [6.45, 7) is 0. The fourth-order valence-electron chi connectivity index (χ4n) is 4.02. The first kappa shape index (κ1) is 19.5. The van der Waals surface area contributed by atoms with Crippen molar-refractivity contribution in [3.63, 3.8) is 0 Å². The van der Waals surface area contributed by atoms with Gasteiger partial charge in [-0.2, -0.15) is 0 Å². The van der Waals surface area contributed by atoms with Crippen molar-refractivity contribution in [1.29, 1.82) is 0 Å². The summed E-state index contributed by atoms with van der Waals surface area (Å²) >= 11 is 0. The van der Waals surface area contributed by atoms with Gasteiger partial charge < -0.3 is 10.1 Å². The Labute approximate surface area is 192 Å². The number of nitrogens with zero attached hydrogens (tertiary/aromatic N) is 2. The molecule has 0 spiro atoms. The Kier molecular flexibility index (Phi) is 4.80. The Morgan fingerprint density at radius 3 is 2.45 bits per heavy atom. The Hall–Kier alpha value is -3.49. The van der Waals surface area contributed by atoms with Crippen molar-refractivity contribution in [2.75, 3.05) is 0 Å². The van der Waals surface area contributed by atoms with Crippen LogP contribution in [-0.2, 0) is 21.1 Å². The summed E-state index contributed by atoms with van der Waals surface area (Å²) in [5.41, 5.74) is 3.28. The molecule has 0 saturated carbocycles. The van der Waals surface area contributed by atoms with Crippen LogP contribution in [0.3, 0.4) is 0 Å². The minimum absolute atomic E-state index is 0. The average molecular weight is 582 g/mol. The molecule has 2 N–H and O–H groups in total. The number of phenols is 1. The van der Waals surface area contributed by atoms with E-state index in [1.165, 1.54) is 0 Å². The standard InChI is InChI=1S/C26H16N3O.Pt/c30-23-10-4-7-17-11-12-18-13-14-21(28-25(18)24(17)23)22-15-27-26(29-22)20-9-3-6-16-5-1-2-8-19(16)20;/h1-7,9-15,30H,(H,27,29);/q-1;. The van der Waals surface area contributed by atoms with Crippen LogP contribution < -0.4 is 0 Å². The Bertz CT molecular complexity index is 1570. The molecule has 6 aromatic rings. The van der Waals surface area contributed by atoms with Gasteiger partial charge in [-0.05, 0) is 17.5 Å². The second-order valence-corrected chi connectivity index (χ2v) is 7.28. The normalized spacial score (nSPS) is 11.1. The molecule has 5 heteroatoms. The molecule has 0 aliphatic rings. The molecule has 0 amide bonds. The number of H-pyrrole nitrogens is 1. The molecule has 6 rings (SSSR count). The first-order chi connectivity index (χ1) is 14.8. The fourth-order valence-corrected chi connectivity index (χ4v) is 4.02. The minimum atomic E-state index is 0. The first-order valence-corrected chi connectivity index (χ1v) is 9.75. The van der Waals surface area contributed by atoms with E-state index in [9.17, 15) is 5.11 Å². The zero-order chi connectivity index (χ0) is 20.1. The molecule has 4 nitrogen and oxygen atoms in total. The number of rotatable bonds is 2. The van der Waals surface area contributed by atoms with E-state index in [4.69, 9.17) is 9.97 Å². The maximum absolute atomic E-state index is 10.4. The first-order valence-electron chi connectivity index (χ1n) is 9.75. The maximum Gasteiger partial charge on any atom is 0.125 e. The molecular weight excluding hydrogens is 565 g/mol. The minimum Gasteiger partial charge on any atom is -0.507 e. The van der Waals surface area contributed by atoms with Crippen LogP contribution in [0.2, 0.25) is 0 Å². The van der Waals surface area contributed by atoms with E-state index in [0.29, 0.717) is 0 Å². The summed E-state index contributed by atoms with van der Waals surface area (Å²) in [5.74, 6) is 1.01. The molecule has 2 aromatic heterocycles. The number of aromatic amines is 1. The van der Waals surface area contributed by atoms with Crippen molar-refractivity contribution in [1.82, 2.24) is 15.0 Å². The molecule has 0 bridgehead atoms. The molecule has 31 heavy (non-hydrogen) atoms. The summed E-state index contributed by atoms with van der Waals surface area (Å²) in [7, 11) is 0. The van der Waals surface area contributed by atoms with Gasteiger partial charge in [-0.3, -0.25) is 0 Å². The molecule has 0 aliphatic heterocycles. The second-order valence-electron chi connectivity index (χ2n) is 7.28. The number of benzene rings is 4. The Morgan fingerprint density at radius 1 is 0.742 bits per heavy atom. The molecule has 0 saturated heterocycles. The van der Waals surface area contributed by atoms with Gasteiger partial charge in [-0.1, -0.05) is 54.1 Å². The summed E-state index contributed by atoms with van der Waals surface area (Å²) in [6, 6.07) is 28.9. The summed E-state index contributed by atoms with van der Waals surface area (Å²) in [5, 5.41) is 15.3. The molecular formula is C26H16N3OPt-. The van der Waals surface area contributed by atoms with Crippen LogP contribution in [0.4, 0.5) is 0 Å². The number of fused-ring (bicyclic) bond motifs is 4. The van der Waals surface area contributed by atoms with Crippen molar-refractivity contribution >= 4 is 32.4 Å². The van der Waals surface area contributed by atoms with E-state index in [2.05, 4.69) is 23.2 Å². The third-order valence-electron chi connectivity index (χ3n) is 5.47. The number of nitrogens with one attached hydrogen (secondary N) is 1. The van der Waals surface area contributed by atoms with Crippen LogP contribution in [0.5, 0.6) is 5.75 Å². The van der Waals surface area contributed by atoms with Crippen molar-refractivity contribution < 1.29 is 26.2 Å². The van der Waals surface area contributed by atoms with E-state index < -0.39 is 0 Å². The monoisotopic (exact) mass is 581 g/mol. The van der Waals surface area contributed by atoms with Crippen molar-refractivity contribution in [2.24, 2.45) is 0 Å². The fraction of sp³-hybridized carbons (Fsp3) is 0. The van der Waals surface area contributed by atoms with Gasteiger partial charge in [0.2, 0.25) is 0 Å². The van der Waals surface area contributed by atoms with Gasteiger partial charge in [0.05, 0.1) is 17.0 Å². The van der Waals surface area contributed by atoms with Crippen LogP contribution in [0, 0.1) is 6.07 Å². The van der Waals surface area contributed by atoms with Crippen LogP contribution in [0.25, 0.3) is 55.2 Å². The number of hydrogen-bond acceptors (Lipinski definition) is 3. The number of hydrogen-bond donors (Lipinski definition) is 2. The van der Waals surface area contributed by atoms with Gasteiger partial charge in [0, 0.05) is 38.0 Å². The third kappa shape index (κ3) is 3.20. The van der Waals surface area contributed by atoms with Gasteiger partial charge in [-0.25, -0.2) is 9.97 Å². The van der Waals surface area contributed by atoms with Crippen molar-refractivity contribution in [3.8, 4) is 28.5 Å². The third-order valence-corrected chi connectivity index (χ3v) is 5.47. The van der Waals surface area contributed by atoms with Gasteiger partial charge in [-0.15, -0.1) is 35.0 Å². The largest absolute Gasteiger partial charge is 0.507 e. The molecule has 152 valence electrons. The van der Waals surface area contributed by atoms with Gasteiger partial charge in [0.1, 0.15) is 11.4 Å². The Morgan fingerprint density at radius 2 is 1.52 bits per heavy atom. The number of aromatic hydroxyl groups is 1. The molecule has 0 fully saturated rings. The van der Waals surface area contributed by atoms with Gasteiger partial charge >= 0.3 is 0 Å². The van der Waals surface area contributed by atoms with E-state index in [1.807, 2.05) is 66.9 Å². The predicted molar refractivity (Wildman–Crippen MR) is 120 cm³/mol. The zero-order valence-corrected chi connectivity index (χ0v) is 18.5. The van der Waals surface area contributed by atoms with E-state index in [-0.39, 0.29) is 26.8 Å². The second kappa shape index (κ2) is 7.64. The molecule has 0 atom stereocenters. The van der Waals surface area contributed by atoms with Crippen molar-refractivity contribution in [3.05, 3.63) is 91.1 Å². The van der Waals surface area contributed by atoms with E-state index in [0.717, 1.165) is 55.2 Å². The number of phenolic OH excluding ortho intramolecular Hbond substituents is 1. The van der Waals surface area contributed by atoms with Crippen molar-refractivity contribution in [2.45, 2.75) is 0 Å². The van der Waals surface area contributed by atoms with Crippen LogP contribution in [0.1, 0.15) is 0 Å². The molecule has 0 aliphatic carbocycles. The van der Waals surface area contributed by atoms with Gasteiger partial charge in [0.15, 0.2) is 0 Å². The molecule has 0 radical (unpaired) electrons. The average Bonchev–Trinajstić information content (AvgIpc) is 3.28. The van der Waals surface area contributed by atoms with Crippen LogP contribution in [0.15, 0.2) is 85.1 Å². The summed E-state index contributed by atoms with van der Waals surface area (Å²) in [4.78, 5) is 13.0. The molecule has 2 heterocycles. The van der Waals surface area contributed by atoms with E-state index >= 15 is 0 Å². The predicted octanol–water partition coefficient (Wildman–Crippen LogP) is 6.10. The van der Waals surface area contributed by atoms with Gasteiger partial charge in [0.25, 0.3) is 0 Å². The Balaban J connectivity index is 0.00000204. The topological polar surface area (TPSA) is 61.8 Å². The molecule has 0 unspecified atom stereocenters. The van der Waals surface area contributed by atoms with Crippen LogP contribution >= 0.6 is 0 Å². The zero-order valence-electron chi connectivity index (χ0n) is 16.2. The number of pyridine rings is 1.